The van der Waals surface area contributed by atoms with E-state index in [2.05, 4.69) is 26.6 Å². The Morgan fingerprint density at radius 2 is 2.35 bits per heavy atom. The van der Waals surface area contributed by atoms with Crippen molar-refractivity contribution in [3.05, 3.63) is 27.7 Å². The van der Waals surface area contributed by atoms with E-state index < -0.39 is 0 Å². The molecule has 1 fully saturated rings. The van der Waals surface area contributed by atoms with E-state index in [-0.39, 0.29) is 11.3 Å². The molecule has 3 nitrogen and oxygen atoms in total. The van der Waals surface area contributed by atoms with Gasteiger partial charge >= 0.3 is 0 Å². The standard InChI is InChI=1S/C12H14BrClN2O/c1-12(4-5-15-7-12)11(17)16-10-3-2-8(13)6-9(10)14/h2-3,6,15H,4-5,7H2,1H3,(H,16,17). The number of carbonyl (C=O) groups excluding carboxylic acids is 1. The van der Waals surface area contributed by atoms with E-state index in [1.165, 1.54) is 0 Å². The van der Waals surface area contributed by atoms with Gasteiger partial charge in [-0.1, -0.05) is 27.5 Å². The molecule has 1 aliphatic heterocycles. The molecule has 1 heterocycles. The molecule has 0 bridgehead atoms. The normalized spacial score (nSPS) is 23.7. The van der Waals surface area contributed by atoms with Crippen molar-refractivity contribution in [3.8, 4) is 0 Å². The summed E-state index contributed by atoms with van der Waals surface area (Å²) in [6, 6.07) is 5.43. The van der Waals surface area contributed by atoms with Crippen LogP contribution >= 0.6 is 27.5 Å². The number of carbonyl (C=O) groups is 1. The van der Waals surface area contributed by atoms with Crippen LogP contribution in [0.25, 0.3) is 0 Å². The minimum atomic E-state index is -0.337. The second-order valence-electron chi connectivity index (χ2n) is 4.57. The van der Waals surface area contributed by atoms with Crippen molar-refractivity contribution in [1.29, 1.82) is 0 Å². The lowest BCUT2D eigenvalue weighted by Crippen LogP contribution is -2.35. The molecule has 2 N–H and O–H groups in total. The summed E-state index contributed by atoms with van der Waals surface area (Å²) in [5, 5.41) is 6.63. The van der Waals surface area contributed by atoms with E-state index in [1.54, 1.807) is 12.1 Å². The van der Waals surface area contributed by atoms with Gasteiger partial charge in [-0.3, -0.25) is 4.79 Å². The van der Waals surface area contributed by atoms with Crippen LogP contribution in [0.2, 0.25) is 5.02 Å². The van der Waals surface area contributed by atoms with Crippen molar-refractivity contribution in [3.63, 3.8) is 0 Å². The first-order valence-corrected chi connectivity index (χ1v) is 6.66. The lowest BCUT2D eigenvalue weighted by atomic mass is 9.89. The Balaban J connectivity index is 2.13. The third-order valence-electron chi connectivity index (χ3n) is 3.10. The molecule has 17 heavy (non-hydrogen) atoms. The van der Waals surface area contributed by atoms with Gasteiger partial charge in [0.2, 0.25) is 5.91 Å². The molecule has 0 spiro atoms. The fourth-order valence-electron chi connectivity index (χ4n) is 1.87. The van der Waals surface area contributed by atoms with Crippen LogP contribution in [0.15, 0.2) is 22.7 Å². The Morgan fingerprint density at radius 1 is 1.59 bits per heavy atom. The van der Waals surface area contributed by atoms with Crippen LogP contribution in [-0.2, 0) is 4.79 Å². The summed E-state index contributed by atoms with van der Waals surface area (Å²) < 4.78 is 0.897. The van der Waals surface area contributed by atoms with E-state index in [1.807, 2.05) is 13.0 Å². The Labute approximate surface area is 114 Å². The zero-order valence-corrected chi connectivity index (χ0v) is 11.9. The number of anilines is 1. The van der Waals surface area contributed by atoms with Gasteiger partial charge < -0.3 is 10.6 Å². The monoisotopic (exact) mass is 316 g/mol. The van der Waals surface area contributed by atoms with Crippen LogP contribution in [0.4, 0.5) is 5.69 Å². The molecular formula is C12H14BrClN2O. The number of nitrogens with one attached hydrogen (secondary N) is 2. The van der Waals surface area contributed by atoms with Crippen LogP contribution in [0.1, 0.15) is 13.3 Å². The van der Waals surface area contributed by atoms with E-state index in [4.69, 9.17) is 11.6 Å². The van der Waals surface area contributed by atoms with Crippen LogP contribution < -0.4 is 10.6 Å². The topological polar surface area (TPSA) is 41.1 Å². The maximum absolute atomic E-state index is 12.2. The fourth-order valence-corrected chi connectivity index (χ4v) is 2.60. The molecule has 2 rings (SSSR count). The molecule has 5 heteroatoms. The third-order valence-corrected chi connectivity index (χ3v) is 3.90. The molecule has 1 unspecified atom stereocenters. The molecule has 1 amide bonds. The average Bonchev–Trinajstić information content (AvgIpc) is 2.71. The first-order valence-electron chi connectivity index (χ1n) is 5.48. The summed E-state index contributed by atoms with van der Waals surface area (Å²) in [7, 11) is 0. The number of hydrogen-bond acceptors (Lipinski definition) is 2. The van der Waals surface area contributed by atoms with E-state index in [9.17, 15) is 4.79 Å². The largest absolute Gasteiger partial charge is 0.324 e. The summed E-state index contributed by atoms with van der Waals surface area (Å²) in [5.41, 5.74) is 0.323. The molecule has 1 aliphatic rings. The molecule has 0 aromatic heterocycles. The smallest absolute Gasteiger partial charge is 0.231 e. The minimum Gasteiger partial charge on any atom is -0.324 e. The SMILES string of the molecule is CC1(C(=O)Nc2ccc(Br)cc2Cl)CCNC1. The van der Waals surface area contributed by atoms with E-state index >= 15 is 0 Å². The quantitative estimate of drug-likeness (QED) is 0.880. The molecule has 1 atom stereocenters. The molecule has 0 aliphatic carbocycles. The highest BCUT2D eigenvalue weighted by atomic mass is 79.9. The predicted octanol–water partition coefficient (Wildman–Crippen LogP) is 3.04. The number of benzene rings is 1. The molecular weight excluding hydrogens is 304 g/mol. The van der Waals surface area contributed by atoms with Crippen LogP contribution in [0.3, 0.4) is 0 Å². The van der Waals surface area contributed by atoms with Gasteiger partial charge in [-0.2, -0.15) is 0 Å². The highest BCUT2D eigenvalue weighted by molar-refractivity contribution is 9.10. The molecule has 0 saturated carbocycles. The van der Waals surface area contributed by atoms with Crippen molar-refractivity contribution in [2.24, 2.45) is 5.41 Å². The molecule has 0 radical (unpaired) electrons. The molecule has 1 aromatic rings. The van der Waals surface area contributed by atoms with Crippen molar-refractivity contribution in [1.82, 2.24) is 5.32 Å². The van der Waals surface area contributed by atoms with E-state index in [0.29, 0.717) is 17.3 Å². The number of amides is 1. The lowest BCUT2D eigenvalue weighted by molar-refractivity contribution is -0.123. The van der Waals surface area contributed by atoms with Crippen molar-refractivity contribution < 1.29 is 4.79 Å². The first kappa shape index (κ1) is 12.9. The Hall–Kier alpha value is -0.580. The zero-order valence-electron chi connectivity index (χ0n) is 9.52. The summed E-state index contributed by atoms with van der Waals surface area (Å²) in [6.45, 7) is 3.57. The molecule has 92 valence electrons. The lowest BCUT2D eigenvalue weighted by Gasteiger charge is -2.21. The number of rotatable bonds is 2. The summed E-state index contributed by atoms with van der Waals surface area (Å²) in [4.78, 5) is 12.2. The number of halogens is 2. The highest BCUT2D eigenvalue weighted by Gasteiger charge is 2.36. The summed E-state index contributed by atoms with van der Waals surface area (Å²) in [5.74, 6) is 0.0201. The zero-order chi connectivity index (χ0) is 12.5. The van der Waals surface area contributed by atoms with Crippen molar-refractivity contribution >= 4 is 39.1 Å². The summed E-state index contributed by atoms with van der Waals surface area (Å²) in [6.07, 6.45) is 0.854. The average molecular weight is 318 g/mol. The second kappa shape index (κ2) is 4.96. The van der Waals surface area contributed by atoms with Crippen molar-refractivity contribution in [2.75, 3.05) is 18.4 Å². The highest BCUT2D eigenvalue weighted by Crippen LogP contribution is 2.30. The number of hydrogen-bond donors (Lipinski definition) is 2. The minimum absolute atomic E-state index is 0.0201. The van der Waals surface area contributed by atoms with E-state index in [0.717, 1.165) is 17.4 Å². The Bertz CT molecular complexity index is 444. The van der Waals surface area contributed by atoms with Gasteiger partial charge in [-0.15, -0.1) is 0 Å². The van der Waals surface area contributed by atoms with Crippen LogP contribution in [0.5, 0.6) is 0 Å². The first-order chi connectivity index (χ1) is 8.01. The Morgan fingerprint density at radius 3 is 2.94 bits per heavy atom. The third kappa shape index (κ3) is 2.81. The van der Waals surface area contributed by atoms with Crippen molar-refractivity contribution in [2.45, 2.75) is 13.3 Å². The van der Waals surface area contributed by atoms with Gasteiger partial charge in [-0.05, 0) is 38.1 Å². The van der Waals surface area contributed by atoms with Gasteiger partial charge in [0.1, 0.15) is 0 Å². The Kier molecular flexibility index (Phi) is 3.76. The molecule has 1 saturated heterocycles. The van der Waals surface area contributed by atoms with Gasteiger partial charge in [-0.25, -0.2) is 0 Å². The maximum Gasteiger partial charge on any atom is 0.231 e. The fraction of sp³-hybridized carbons (Fsp3) is 0.417. The van der Waals surface area contributed by atoms with Gasteiger partial charge in [0.25, 0.3) is 0 Å². The maximum atomic E-state index is 12.2. The molecule has 1 aromatic carbocycles. The van der Waals surface area contributed by atoms with Crippen LogP contribution in [-0.4, -0.2) is 19.0 Å². The predicted molar refractivity (Wildman–Crippen MR) is 73.4 cm³/mol. The summed E-state index contributed by atoms with van der Waals surface area (Å²) >= 11 is 9.40. The van der Waals surface area contributed by atoms with Gasteiger partial charge in [0.15, 0.2) is 0 Å². The second-order valence-corrected chi connectivity index (χ2v) is 5.89. The van der Waals surface area contributed by atoms with Gasteiger partial charge in [0.05, 0.1) is 16.1 Å². The van der Waals surface area contributed by atoms with Gasteiger partial charge in [0, 0.05) is 11.0 Å². The van der Waals surface area contributed by atoms with Crippen LogP contribution in [0, 0.1) is 5.41 Å².